The van der Waals surface area contributed by atoms with Gasteiger partial charge in [-0.25, -0.2) is 0 Å². The third kappa shape index (κ3) is 2.63. The van der Waals surface area contributed by atoms with E-state index in [1.54, 1.807) is 0 Å². The summed E-state index contributed by atoms with van der Waals surface area (Å²) in [5, 5.41) is 1.13. The minimum atomic E-state index is 0.148. The molecule has 0 bridgehead atoms. The van der Waals surface area contributed by atoms with Gasteiger partial charge in [-0.2, -0.15) is 0 Å². The molecule has 0 spiro atoms. The number of carbonyl (C=O) groups is 1. The van der Waals surface area contributed by atoms with Crippen molar-refractivity contribution in [2.75, 3.05) is 13.1 Å². The van der Waals surface area contributed by atoms with E-state index in [0.717, 1.165) is 29.6 Å². The zero-order valence-electron chi connectivity index (χ0n) is 11.6. The Labute approximate surface area is 113 Å². The number of likely N-dealkylation sites (N-methyl/N-ethyl adjacent to an activating group) is 1. The van der Waals surface area contributed by atoms with Crippen LogP contribution in [0.1, 0.15) is 19.4 Å². The highest BCUT2D eigenvalue weighted by atomic mass is 16.2. The van der Waals surface area contributed by atoms with Crippen LogP contribution in [0.2, 0.25) is 0 Å². The van der Waals surface area contributed by atoms with Gasteiger partial charge < -0.3 is 15.2 Å². The predicted octanol–water partition coefficient (Wildman–Crippen LogP) is 1.97. The number of hydrogen-bond acceptors (Lipinski definition) is 2. The molecule has 2 N–H and O–H groups in total. The molecule has 0 radical (unpaired) electrons. The Bertz CT molecular complexity index is 570. The first kappa shape index (κ1) is 13.6. The lowest BCUT2D eigenvalue weighted by Crippen LogP contribution is -2.33. The largest absolute Gasteiger partial charge is 0.342 e. The highest BCUT2D eigenvalue weighted by Crippen LogP contribution is 2.20. The van der Waals surface area contributed by atoms with Crippen molar-refractivity contribution in [1.82, 2.24) is 9.47 Å². The van der Waals surface area contributed by atoms with Gasteiger partial charge in [0.05, 0.1) is 5.52 Å². The van der Waals surface area contributed by atoms with Crippen LogP contribution in [0, 0.1) is 0 Å². The monoisotopic (exact) mass is 259 g/mol. The Morgan fingerprint density at radius 1 is 1.26 bits per heavy atom. The van der Waals surface area contributed by atoms with Gasteiger partial charge >= 0.3 is 0 Å². The van der Waals surface area contributed by atoms with E-state index >= 15 is 0 Å². The van der Waals surface area contributed by atoms with E-state index in [9.17, 15) is 4.79 Å². The lowest BCUT2D eigenvalue weighted by atomic mass is 10.1. The van der Waals surface area contributed by atoms with Crippen molar-refractivity contribution in [3.05, 3.63) is 36.0 Å². The van der Waals surface area contributed by atoms with Crippen molar-refractivity contribution in [2.45, 2.75) is 26.9 Å². The van der Waals surface area contributed by atoms with E-state index in [1.807, 2.05) is 53.8 Å². The molecule has 102 valence electrons. The maximum absolute atomic E-state index is 12.2. The van der Waals surface area contributed by atoms with Crippen LogP contribution in [0.4, 0.5) is 0 Å². The minimum absolute atomic E-state index is 0.148. The zero-order chi connectivity index (χ0) is 13.8. The number of benzene rings is 1. The van der Waals surface area contributed by atoms with Crippen molar-refractivity contribution in [2.24, 2.45) is 5.73 Å². The van der Waals surface area contributed by atoms with Crippen molar-refractivity contribution in [3.8, 4) is 0 Å². The quantitative estimate of drug-likeness (QED) is 0.892. The lowest BCUT2D eigenvalue weighted by Gasteiger charge is -2.19. The second kappa shape index (κ2) is 5.89. The van der Waals surface area contributed by atoms with Crippen molar-refractivity contribution >= 4 is 16.8 Å². The fraction of sp³-hybridized carbons (Fsp3) is 0.400. The number of fused-ring (bicyclic) bond motifs is 1. The molecule has 0 atom stereocenters. The fourth-order valence-electron chi connectivity index (χ4n) is 2.46. The van der Waals surface area contributed by atoms with Crippen LogP contribution in [0.25, 0.3) is 10.9 Å². The molecule has 0 aliphatic rings. The van der Waals surface area contributed by atoms with Crippen molar-refractivity contribution in [3.63, 3.8) is 0 Å². The highest BCUT2D eigenvalue weighted by molar-refractivity contribution is 5.85. The molecule has 4 nitrogen and oxygen atoms in total. The molecule has 1 aromatic carbocycles. The number of para-hydroxylation sites is 1. The molecule has 1 heterocycles. The second-order valence-electron chi connectivity index (χ2n) is 4.57. The molecular weight excluding hydrogens is 238 g/mol. The van der Waals surface area contributed by atoms with E-state index in [4.69, 9.17) is 5.73 Å². The topological polar surface area (TPSA) is 51.3 Å². The van der Waals surface area contributed by atoms with Crippen molar-refractivity contribution in [1.29, 1.82) is 0 Å². The van der Waals surface area contributed by atoms with Gasteiger partial charge in [-0.05, 0) is 30.9 Å². The molecule has 19 heavy (non-hydrogen) atoms. The Hall–Kier alpha value is -1.81. The van der Waals surface area contributed by atoms with Crippen LogP contribution in [0.5, 0.6) is 0 Å². The Morgan fingerprint density at radius 3 is 2.63 bits per heavy atom. The molecule has 1 amide bonds. The number of aromatic nitrogens is 1. The van der Waals surface area contributed by atoms with Crippen LogP contribution in [0.3, 0.4) is 0 Å². The molecule has 0 unspecified atom stereocenters. The highest BCUT2D eigenvalue weighted by Gasteiger charge is 2.12. The first-order valence-corrected chi connectivity index (χ1v) is 6.75. The molecule has 0 fully saturated rings. The Balaban J connectivity index is 2.33. The van der Waals surface area contributed by atoms with Gasteiger partial charge in [0.25, 0.3) is 0 Å². The van der Waals surface area contributed by atoms with E-state index in [1.165, 1.54) is 0 Å². The molecule has 4 heteroatoms. The Morgan fingerprint density at radius 2 is 2.00 bits per heavy atom. The summed E-state index contributed by atoms with van der Waals surface area (Å²) in [6.45, 7) is 6.36. The molecular formula is C15H21N3O. The maximum atomic E-state index is 12.2. The molecule has 0 aliphatic carbocycles. The van der Waals surface area contributed by atoms with Crippen LogP contribution < -0.4 is 5.73 Å². The number of hydrogen-bond donors (Lipinski definition) is 1. The van der Waals surface area contributed by atoms with Gasteiger partial charge in [0, 0.05) is 25.8 Å². The summed E-state index contributed by atoms with van der Waals surface area (Å²) in [6, 6.07) is 8.10. The van der Waals surface area contributed by atoms with E-state index in [0.29, 0.717) is 13.1 Å². The van der Waals surface area contributed by atoms with Gasteiger partial charge in [0.15, 0.2) is 0 Å². The number of rotatable bonds is 5. The summed E-state index contributed by atoms with van der Waals surface area (Å²) in [5.74, 6) is 0.148. The third-order valence-corrected chi connectivity index (χ3v) is 3.51. The lowest BCUT2D eigenvalue weighted by molar-refractivity contribution is -0.131. The average Bonchev–Trinajstić information content (AvgIpc) is 2.83. The summed E-state index contributed by atoms with van der Waals surface area (Å²) in [7, 11) is 0. The normalized spacial score (nSPS) is 10.9. The fourth-order valence-corrected chi connectivity index (χ4v) is 2.46. The third-order valence-electron chi connectivity index (χ3n) is 3.51. The standard InChI is InChI=1S/C15H21N3O/c1-3-17(4-2)14(19)11-18-9-8-12-6-5-7-13(10-16)15(12)18/h5-9H,3-4,10-11,16H2,1-2H3. The number of carbonyl (C=O) groups excluding carboxylic acids is 1. The second-order valence-corrected chi connectivity index (χ2v) is 4.57. The van der Waals surface area contributed by atoms with Gasteiger partial charge in [-0.15, -0.1) is 0 Å². The summed E-state index contributed by atoms with van der Waals surface area (Å²) in [4.78, 5) is 14.0. The molecule has 2 rings (SSSR count). The maximum Gasteiger partial charge on any atom is 0.242 e. The molecule has 0 saturated carbocycles. The SMILES string of the molecule is CCN(CC)C(=O)Cn1ccc2cccc(CN)c21. The molecule has 1 aromatic heterocycles. The van der Waals surface area contributed by atoms with Crippen molar-refractivity contribution < 1.29 is 4.79 Å². The summed E-state index contributed by atoms with van der Waals surface area (Å²) in [5.41, 5.74) is 7.93. The predicted molar refractivity (Wildman–Crippen MR) is 77.8 cm³/mol. The van der Waals surface area contributed by atoms with E-state index in [-0.39, 0.29) is 5.91 Å². The molecule has 0 saturated heterocycles. The van der Waals surface area contributed by atoms with Gasteiger partial charge in [-0.1, -0.05) is 18.2 Å². The van der Waals surface area contributed by atoms with E-state index < -0.39 is 0 Å². The van der Waals surface area contributed by atoms with Gasteiger partial charge in [0.2, 0.25) is 5.91 Å². The number of nitrogens with zero attached hydrogens (tertiary/aromatic N) is 2. The van der Waals surface area contributed by atoms with Gasteiger partial charge in [0.1, 0.15) is 6.54 Å². The minimum Gasteiger partial charge on any atom is -0.342 e. The number of amides is 1. The van der Waals surface area contributed by atoms with Crippen LogP contribution in [0.15, 0.2) is 30.5 Å². The van der Waals surface area contributed by atoms with E-state index in [2.05, 4.69) is 0 Å². The molecule has 0 aliphatic heterocycles. The summed E-state index contributed by atoms with van der Waals surface area (Å²) in [6.07, 6.45) is 1.96. The summed E-state index contributed by atoms with van der Waals surface area (Å²) >= 11 is 0. The van der Waals surface area contributed by atoms with Crippen LogP contribution in [-0.4, -0.2) is 28.5 Å². The van der Waals surface area contributed by atoms with Gasteiger partial charge in [-0.3, -0.25) is 4.79 Å². The average molecular weight is 259 g/mol. The zero-order valence-corrected chi connectivity index (χ0v) is 11.6. The van der Waals surface area contributed by atoms with Crippen LogP contribution in [-0.2, 0) is 17.9 Å². The summed E-state index contributed by atoms with van der Waals surface area (Å²) < 4.78 is 2.00. The Kier molecular flexibility index (Phi) is 4.22. The smallest absolute Gasteiger partial charge is 0.242 e. The van der Waals surface area contributed by atoms with Crippen LogP contribution >= 0.6 is 0 Å². The number of nitrogens with two attached hydrogens (primary N) is 1. The first-order valence-electron chi connectivity index (χ1n) is 6.75. The molecule has 2 aromatic rings. The first-order chi connectivity index (χ1) is 9.21.